The molecule has 6 heteroatoms. The van der Waals surface area contributed by atoms with E-state index in [0.717, 1.165) is 36.5 Å². The maximum absolute atomic E-state index is 13.8. The Morgan fingerprint density at radius 2 is 1.82 bits per heavy atom. The fraction of sp³-hybridized carbons (Fsp3) is 0.889. The minimum atomic E-state index is -0.529. The van der Waals surface area contributed by atoms with Crippen molar-refractivity contribution >= 4 is 17.9 Å². The molecular formula is C27H36O6. The van der Waals surface area contributed by atoms with Crippen LogP contribution in [0.1, 0.15) is 71.6 Å². The molecule has 0 N–H and O–H groups in total. The lowest BCUT2D eigenvalue weighted by atomic mass is 9.65. The first-order chi connectivity index (χ1) is 16.0. The summed E-state index contributed by atoms with van der Waals surface area (Å²) in [5, 5.41) is 0. The van der Waals surface area contributed by atoms with Crippen LogP contribution in [0.25, 0.3) is 0 Å². The van der Waals surface area contributed by atoms with Crippen LogP contribution in [0.15, 0.2) is 0 Å². The number of hydrogen-bond donors (Lipinski definition) is 0. The van der Waals surface area contributed by atoms with Gasteiger partial charge in [-0.3, -0.25) is 14.4 Å². The summed E-state index contributed by atoms with van der Waals surface area (Å²) in [6.45, 7) is 4.11. The molecule has 0 radical (unpaired) electrons. The van der Waals surface area contributed by atoms with Gasteiger partial charge in [0.1, 0.15) is 17.8 Å². The highest BCUT2D eigenvalue weighted by Gasteiger charge is 2.72. The van der Waals surface area contributed by atoms with E-state index in [2.05, 4.69) is 6.92 Å². The molecule has 13 atom stereocenters. The van der Waals surface area contributed by atoms with E-state index in [1.54, 1.807) is 0 Å². The van der Waals surface area contributed by atoms with Gasteiger partial charge in [0.15, 0.2) is 0 Å². The number of rotatable bonds is 6. The van der Waals surface area contributed by atoms with Crippen molar-refractivity contribution in [2.45, 2.75) is 89.4 Å². The Bertz CT molecular complexity index is 899. The van der Waals surface area contributed by atoms with E-state index in [0.29, 0.717) is 31.1 Å². The van der Waals surface area contributed by atoms with Crippen LogP contribution in [0.5, 0.6) is 0 Å². The van der Waals surface area contributed by atoms with Crippen molar-refractivity contribution in [3.8, 4) is 0 Å². The second kappa shape index (κ2) is 6.97. The van der Waals surface area contributed by atoms with Crippen LogP contribution in [0.2, 0.25) is 0 Å². The van der Waals surface area contributed by atoms with Crippen molar-refractivity contribution in [3.05, 3.63) is 0 Å². The lowest BCUT2D eigenvalue weighted by Gasteiger charge is -2.46. The van der Waals surface area contributed by atoms with E-state index in [1.807, 2.05) is 6.92 Å². The Kier molecular flexibility index (Phi) is 4.39. The third kappa shape index (κ3) is 2.59. The Labute approximate surface area is 195 Å². The van der Waals surface area contributed by atoms with Crippen LogP contribution in [0.4, 0.5) is 0 Å². The summed E-state index contributed by atoms with van der Waals surface area (Å²) >= 11 is 0. The third-order valence-corrected chi connectivity index (χ3v) is 11.3. The number of esters is 3. The number of carbonyl (C=O) groups excluding carboxylic acids is 3. The number of ether oxygens (including phenoxy) is 3. The lowest BCUT2D eigenvalue weighted by Crippen LogP contribution is -2.50. The molecule has 180 valence electrons. The predicted molar refractivity (Wildman–Crippen MR) is 116 cm³/mol. The lowest BCUT2D eigenvalue weighted by molar-refractivity contribution is -0.185. The average Bonchev–Trinajstić information content (AvgIpc) is 3.61. The molecule has 7 fully saturated rings. The molecule has 1 saturated heterocycles. The predicted octanol–water partition coefficient (Wildman–Crippen LogP) is 3.90. The van der Waals surface area contributed by atoms with Gasteiger partial charge in [0.2, 0.25) is 0 Å². The highest BCUT2D eigenvalue weighted by Crippen LogP contribution is 2.71. The van der Waals surface area contributed by atoms with Gasteiger partial charge in [0.25, 0.3) is 0 Å². The summed E-state index contributed by atoms with van der Waals surface area (Å²) in [6.07, 6.45) is 8.11. The maximum atomic E-state index is 13.8. The van der Waals surface area contributed by atoms with E-state index in [-0.39, 0.29) is 41.4 Å². The fourth-order valence-electron chi connectivity index (χ4n) is 10.4. The average molecular weight is 457 g/mol. The molecule has 0 aromatic rings. The second-order valence-corrected chi connectivity index (χ2v) is 12.4. The Hall–Kier alpha value is -1.59. The standard InChI is InChI=1S/C27H36O6/c1-3-5-18(28)31-23-16-10-15-21(25(29)32-24(15)23)22(16)26(30)33-27(4-2)11-14-9-17(27)20-13-7-6-12(8-13)19(14)20/h12-17,19-24H,3-11H2,1-2H3. The monoisotopic (exact) mass is 456 g/mol. The molecule has 6 bridgehead atoms. The van der Waals surface area contributed by atoms with Crippen molar-refractivity contribution in [3.63, 3.8) is 0 Å². The molecule has 7 aliphatic rings. The zero-order chi connectivity index (χ0) is 22.6. The number of carbonyl (C=O) groups is 3. The van der Waals surface area contributed by atoms with Crippen LogP contribution >= 0.6 is 0 Å². The maximum Gasteiger partial charge on any atom is 0.310 e. The van der Waals surface area contributed by atoms with Gasteiger partial charge < -0.3 is 14.2 Å². The summed E-state index contributed by atoms with van der Waals surface area (Å²) in [5.41, 5.74) is -0.370. The molecule has 13 unspecified atom stereocenters. The van der Waals surface area contributed by atoms with E-state index in [4.69, 9.17) is 14.2 Å². The normalized spacial score (nSPS) is 54.1. The smallest absolute Gasteiger partial charge is 0.310 e. The topological polar surface area (TPSA) is 78.9 Å². The van der Waals surface area contributed by atoms with Gasteiger partial charge in [-0.1, -0.05) is 13.8 Å². The molecular weight excluding hydrogens is 420 g/mol. The first-order valence-corrected chi connectivity index (χ1v) is 13.6. The molecule has 0 spiro atoms. The second-order valence-electron chi connectivity index (χ2n) is 12.4. The SMILES string of the molecule is CCCC(=O)OC1C2CC3C1OC(=O)C3C2C(=O)OC1(CC)CC2CC1C1C3CCC(C3)C21. The first kappa shape index (κ1) is 20.8. The van der Waals surface area contributed by atoms with Gasteiger partial charge in [-0.05, 0) is 81.0 Å². The van der Waals surface area contributed by atoms with E-state index in [1.165, 1.54) is 25.7 Å². The van der Waals surface area contributed by atoms with Crippen molar-refractivity contribution in [1.82, 2.24) is 0 Å². The van der Waals surface area contributed by atoms with Gasteiger partial charge in [-0.25, -0.2) is 0 Å². The van der Waals surface area contributed by atoms with Gasteiger partial charge >= 0.3 is 17.9 Å². The van der Waals surface area contributed by atoms with Gasteiger partial charge in [0.05, 0.1) is 11.8 Å². The summed E-state index contributed by atoms with van der Waals surface area (Å²) in [7, 11) is 0. The molecule has 1 aliphatic heterocycles. The molecule has 1 heterocycles. The summed E-state index contributed by atoms with van der Waals surface area (Å²) in [4.78, 5) is 38.8. The van der Waals surface area contributed by atoms with Crippen LogP contribution in [0, 0.1) is 59.2 Å². The van der Waals surface area contributed by atoms with Crippen LogP contribution < -0.4 is 0 Å². The zero-order valence-electron chi connectivity index (χ0n) is 19.7. The van der Waals surface area contributed by atoms with Crippen molar-refractivity contribution in [2.75, 3.05) is 0 Å². The largest absolute Gasteiger partial charge is 0.459 e. The minimum absolute atomic E-state index is 0.0213. The number of hydrogen-bond acceptors (Lipinski definition) is 6. The molecule has 0 amide bonds. The van der Waals surface area contributed by atoms with Gasteiger partial charge in [-0.15, -0.1) is 0 Å². The van der Waals surface area contributed by atoms with Crippen LogP contribution in [-0.2, 0) is 28.6 Å². The van der Waals surface area contributed by atoms with Gasteiger partial charge in [-0.2, -0.15) is 0 Å². The van der Waals surface area contributed by atoms with Crippen LogP contribution in [-0.4, -0.2) is 35.7 Å². The molecule has 6 nitrogen and oxygen atoms in total. The van der Waals surface area contributed by atoms with E-state index < -0.39 is 17.9 Å². The molecule has 0 aromatic carbocycles. The summed E-state index contributed by atoms with van der Waals surface area (Å²) in [5.74, 6) is 2.61. The quantitative estimate of drug-likeness (QED) is 0.343. The Balaban J connectivity index is 1.13. The Morgan fingerprint density at radius 1 is 1.03 bits per heavy atom. The first-order valence-electron chi connectivity index (χ1n) is 13.6. The molecule has 7 rings (SSSR count). The minimum Gasteiger partial charge on any atom is -0.459 e. The third-order valence-electron chi connectivity index (χ3n) is 11.3. The van der Waals surface area contributed by atoms with Crippen LogP contribution in [0.3, 0.4) is 0 Å². The number of fused-ring (bicyclic) bond motifs is 10. The summed E-state index contributed by atoms with van der Waals surface area (Å²) in [6, 6.07) is 0. The highest BCUT2D eigenvalue weighted by molar-refractivity contribution is 5.86. The van der Waals surface area contributed by atoms with Gasteiger partial charge in [0, 0.05) is 24.2 Å². The molecule has 6 aliphatic carbocycles. The zero-order valence-corrected chi connectivity index (χ0v) is 19.7. The van der Waals surface area contributed by atoms with Crippen molar-refractivity contribution in [2.24, 2.45) is 59.2 Å². The van der Waals surface area contributed by atoms with E-state index >= 15 is 0 Å². The molecule has 33 heavy (non-hydrogen) atoms. The molecule has 6 saturated carbocycles. The molecule has 0 aromatic heterocycles. The van der Waals surface area contributed by atoms with E-state index in [9.17, 15) is 14.4 Å². The van der Waals surface area contributed by atoms with Crippen molar-refractivity contribution < 1.29 is 28.6 Å². The highest BCUT2D eigenvalue weighted by atomic mass is 16.6. The van der Waals surface area contributed by atoms with Crippen molar-refractivity contribution in [1.29, 1.82) is 0 Å². The summed E-state index contributed by atoms with van der Waals surface area (Å²) < 4.78 is 18.0. The fourth-order valence-corrected chi connectivity index (χ4v) is 10.4. The Morgan fingerprint density at radius 3 is 2.58 bits per heavy atom.